The largest absolute Gasteiger partial charge is 0.399 e. The van der Waals surface area contributed by atoms with Gasteiger partial charge in [0.15, 0.2) is 0 Å². The zero-order valence-corrected chi connectivity index (χ0v) is 12.3. The summed E-state index contributed by atoms with van der Waals surface area (Å²) in [5.74, 6) is -0.0553. The van der Waals surface area contributed by atoms with Crippen LogP contribution in [-0.2, 0) is 11.3 Å². The number of rotatable bonds is 5. The molecule has 2 rings (SSSR count). The Balaban J connectivity index is 1.91. The van der Waals surface area contributed by atoms with Gasteiger partial charge < -0.3 is 11.1 Å². The number of carbonyl (C=O) groups excluding carboxylic acids is 1. The Morgan fingerprint density at radius 1 is 1.29 bits per heavy atom. The van der Waals surface area contributed by atoms with Crippen molar-refractivity contribution in [2.24, 2.45) is 0 Å². The number of aromatic nitrogens is 1. The van der Waals surface area contributed by atoms with E-state index in [1.54, 1.807) is 18.5 Å². The Kier molecular flexibility index (Phi) is 4.90. The number of nitrogens with one attached hydrogen (secondary N) is 1. The van der Waals surface area contributed by atoms with Crippen molar-refractivity contribution in [3.63, 3.8) is 0 Å². The second-order valence-corrected chi connectivity index (χ2v) is 5.15. The van der Waals surface area contributed by atoms with Crippen molar-refractivity contribution < 1.29 is 4.79 Å². The molecule has 5 heteroatoms. The van der Waals surface area contributed by atoms with Crippen molar-refractivity contribution in [2.75, 3.05) is 24.6 Å². The van der Waals surface area contributed by atoms with Crippen LogP contribution >= 0.6 is 0 Å². The van der Waals surface area contributed by atoms with Gasteiger partial charge in [-0.3, -0.25) is 14.7 Å². The Hall–Kier alpha value is -2.40. The van der Waals surface area contributed by atoms with Gasteiger partial charge >= 0.3 is 0 Å². The topological polar surface area (TPSA) is 71.2 Å². The molecule has 110 valence electrons. The van der Waals surface area contributed by atoms with Gasteiger partial charge in [-0.15, -0.1) is 0 Å². The van der Waals surface area contributed by atoms with Crippen molar-refractivity contribution in [3.8, 4) is 0 Å². The van der Waals surface area contributed by atoms with Gasteiger partial charge in [-0.05, 0) is 49.4 Å². The molecule has 0 saturated carbocycles. The maximum atomic E-state index is 12.1. The molecule has 0 spiro atoms. The maximum absolute atomic E-state index is 12.1. The van der Waals surface area contributed by atoms with Gasteiger partial charge in [0.05, 0.1) is 6.54 Å². The van der Waals surface area contributed by atoms with Crippen LogP contribution in [0.4, 0.5) is 11.4 Å². The molecule has 21 heavy (non-hydrogen) atoms. The van der Waals surface area contributed by atoms with Crippen LogP contribution in [0.3, 0.4) is 0 Å². The molecule has 2 aromatic rings. The molecule has 0 fully saturated rings. The molecule has 0 aliphatic rings. The van der Waals surface area contributed by atoms with E-state index in [2.05, 4.69) is 10.3 Å². The van der Waals surface area contributed by atoms with Crippen molar-refractivity contribution in [1.29, 1.82) is 0 Å². The number of amides is 1. The molecule has 3 N–H and O–H groups in total. The molecule has 0 radical (unpaired) electrons. The van der Waals surface area contributed by atoms with E-state index in [1.165, 1.54) is 0 Å². The first kappa shape index (κ1) is 15.0. The fourth-order valence-electron chi connectivity index (χ4n) is 2.06. The monoisotopic (exact) mass is 284 g/mol. The molecular formula is C16H20N4O. The number of aryl methyl sites for hydroxylation is 1. The van der Waals surface area contributed by atoms with Crippen LogP contribution in [0.25, 0.3) is 0 Å². The molecule has 0 bridgehead atoms. The average Bonchev–Trinajstić information content (AvgIpc) is 2.43. The van der Waals surface area contributed by atoms with Crippen molar-refractivity contribution in [3.05, 3.63) is 53.9 Å². The number of nitrogens with two attached hydrogens (primary N) is 1. The van der Waals surface area contributed by atoms with E-state index in [4.69, 9.17) is 5.73 Å². The molecule has 0 atom stereocenters. The highest BCUT2D eigenvalue weighted by Gasteiger charge is 2.09. The third-order valence-corrected chi connectivity index (χ3v) is 3.15. The van der Waals surface area contributed by atoms with Gasteiger partial charge in [0, 0.05) is 30.3 Å². The Morgan fingerprint density at radius 2 is 2.00 bits per heavy atom. The zero-order valence-electron chi connectivity index (χ0n) is 12.3. The Bertz CT molecular complexity index is 613. The van der Waals surface area contributed by atoms with Gasteiger partial charge in [0.1, 0.15) is 0 Å². The van der Waals surface area contributed by atoms with E-state index < -0.39 is 0 Å². The Labute approximate surface area is 124 Å². The number of benzene rings is 1. The minimum Gasteiger partial charge on any atom is -0.399 e. The van der Waals surface area contributed by atoms with E-state index in [1.807, 2.05) is 43.1 Å². The predicted molar refractivity (Wildman–Crippen MR) is 84.8 cm³/mol. The normalized spacial score (nSPS) is 10.6. The molecule has 1 heterocycles. The summed E-state index contributed by atoms with van der Waals surface area (Å²) in [6.07, 6.45) is 3.50. The lowest BCUT2D eigenvalue weighted by Gasteiger charge is -2.17. The standard InChI is InChI=1S/C16H20N4O/c1-12-3-4-14(17)9-15(12)19-16(21)11-20(2)10-13-5-7-18-8-6-13/h3-9H,10-11,17H2,1-2H3,(H,19,21). The van der Waals surface area contributed by atoms with Gasteiger partial charge in [0.2, 0.25) is 5.91 Å². The predicted octanol–water partition coefficient (Wildman–Crippen LogP) is 2.04. The minimum absolute atomic E-state index is 0.0553. The zero-order chi connectivity index (χ0) is 15.2. The van der Waals surface area contributed by atoms with Crippen LogP contribution < -0.4 is 11.1 Å². The van der Waals surface area contributed by atoms with Crippen LogP contribution in [0.15, 0.2) is 42.7 Å². The number of anilines is 2. The second kappa shape index (κ2) is 6.85. The number of nitrogen functional groups attached to an aromatic ring is 1. The van der Waals surface area contributed by atoms with Crippen LogP contribution in [0.1, 0.15) is 11.1 Å². The van der Waals surface area contributed by atoms with Crippen LogP contribution in [-0.4, -0.2) is 29.4 Å². The highest BCUT2D eigenvalue weighted by atomic mass is 16.2. The van der Waals surface area contributed by atoms with E-state index >= 15 is 0 Å². The first-order valence-electron chi connectivity index (χ1n) is 6.78. The van der Waals surface area contributed by atoms with E-state index in [-0.39, 0.29) is 5.91 Å². The number of hydrogen-bond donors (Lipinski definition) is 2. The first-order valence-corrected chi connectivity index (χ1v) is 6.78. The van der Waals surface area contributed by atoms with Crippen LogP contribution in [0.2, 0.25) is 0 Å². The molecule has 1 aromatic carbocycles. The smallest absolute Gasteiger partial charge is 0.238 e. The van der Waals surface area contributed by atoms with Crippen molar-refractivity contribution in [2.45, 2.75) is 13.5 Å². The summed E-state index contributed by atoms with van der Waals surface area (Å²) in [6, 6.07) is 9.37. The number of nitrogens with zero attached hydrogens (tertiary/aromatic N) is 2. The summed E-state index contributed by atoms with van der Waals surface area (Å²) in [4.78, 5) is 18.0. The SMILES string of the molecule is Cc1ccc(N)cc1NC(=O)CN(C)Cc1ccncc1. The number of pyridine rings is 1. The lowest BCUT2D eigenvalue weighted by molar-refractivity contribution is -0.117. The quantitative estimate of drug-likeness (QED) is 0.824. The molecule has 0 saturated heterocycles. The molecule has 1 amide bonds. The van der Waals surface area contributed by atoms with Crippen molar-refractivity contribution in [1.82, 2.24) is 9.88 Å². The second-order valence-electron chi connectivity index (χ2n) is 5.15. The fraction of sp³-hybridized carbons (Fsp3) is 0.250. The molecule has 1 aromatic heterocycles. The fourth-order valence-corrected chi connectivity index (χ4v) is 2.06. The van der Waals surface area contributed by atoms with Gasteiger partial charge in [0.25, 0.3) is 0 Å². The van der Waals surface area contributed by atoms with Gasteiger partial charge in [-0.25, -0.2) is 0 Å². The lowest BCUT2D eigenvalue weighted by Crippen LogP contribution is -2.30. The van der Waals surface area contributed by atoms with Crippen LogP contribution in [0, 0.1) is 6.92 Å². The third kappa shape index (κ3) is 4.57. The molecule has 0 aliphatic carbocycles. The highest BCUT2D eigenvalue weighted by molar-refractivity contribution is 5.93. The third-order valence-electron chi connectivity index (χ3n) is 3.15. The minimum atomic E-state index is -0.0553. The summed E-state index contributed by atoms with van der Waals surface area (Å²) in [6.45, 7) is 2.96. The van der Waals surface area contributed by atoms with E-state index in [0.29, 0.717) is 18.8 Å². The maximum Gasteiger partial charge on any atom is 0.238 e. The number of hydrogen-bond acceptors (Lipinski definition) is 4. The lowest BCUT2D eigenvalue weighted by atomic mass is 10.2. The van der Waals surface area contributed by atoms with Crippen molar-refractivity contribution >= 4 is 17.3 Å². The average molecular weight is 284 g/mol. The summed E-state index contributed by atoms with van der Waals surface area (Å²) >= 11 is 0. The van der Waals surface area contributed by atoms with Gasteiger partial charge in [-0.1, -0.05) is 6.07 Å². The highest BCUT2D eigenvalue weighted by Crippen LogP contribution is 2.18. The number of likely N-dealkylation sites (N-methyl/N-ethyl adjacent to an activating group) is 1. The Morgan fingerprint density at radius 3 is 2.71 bits per heavy atom. The molecule has 0 unspecified atom stereocenters. The molecule has 0 aliphatic heterocycles. The number of carbonyl (C=O) groups is 1. The molecular weight excluding hydrogens is 264 g/mol. The summed E-state index contributed by atoms with van der Waals surface area (Å²) in [7, 11) is 1.91. The van der Waals surface area contributed by atoms with Gasteiger partial charge in [-0.2, -0.15) is 0 Å². The first-order chi connectivity index (χ1) is 10.0. The van der Waals surface area contributed by atoms with E-state index in [0.717, 1.165) is 16.8 Å². The van der Waals surface area contributed by atoms with E-state index in [9.17, 15) is 4.79 Å². The van der Waals surface area contributed by atoms with Crippen LogP contribution in [0.5, 0.6) is 0 Å². The summed E-state index contributed by atoms with van der Waals surface area (Å²) in [5.41, 5.74) is 9.26. The summed E-state index contributed by atoms with van der Waals surface area (Å²) < 4.78 is 0. The molecule has 5 nitrogen and oxygen atoms in total. The summed E-state index contributed by atoms with van der Waals surface area (Å²) in [5, 5.41) is 2.89.